The third kappa shape index (κ3) is 3.12. The van der Waals surface area contributed by atoms with Crippen LogP contribution in [0.5, 0.6) is 0 Å². The van der Waals surface area contributed by atoms with Crippen LogP contribution in [0.15, 0.2) is 0 Å². The molecule has 2 rings (SSSR count). The van der Waals surface area contributed by atoms with E-state index in [1.54, 1.807) is 0 Å². The number of cyclic esters (lactones) is 2. The fourth-order valence-electron chi connectivity index (χ4n) is 2.34. The molecule has 2 fully saturated rings. The molecule has 0 N–H and O–H groups in total. The van der Waals surface area contributed by atoms with Crippen LogP contribution in [0.4, 0.5) is 0 Å². The normalized spacial score (nSPS) is 30.5. The summed E-state index contributed by atoms with van der Waals surface area (Å²) in [6, 6.07) is 0. The van der Waals surface area contributed by atoms with Crippen molar-refractivity contribution in [3.63, 3.8) is 0 Å². The third-order valence-corrected chi connectivity index (χ3v) is 3.11. The minimum atomic E-state index is -0.295. The number of hydrogen-bond acceptors (Lipinski definition) is 6. The zero-order valence-electron chi connectivity index (χ0n) is 9.46. The summed E-state index contributed by atoms with van der Waals surface area (Å²) in [4.78, 5) is 40.2. The van der Waals surface area contributed by atoms with Crippen LogP contribution < -0.4 is 0 Å². The number of hydrogen-bond donors (Lipinski definition) is 0. The van der Waals surface area contributed by atoms with Gasteiger partial charge in [0, 0.05) is 0 Å². The van der Waals surface area contributed by atoms with E-state index >= 15 is 0 Å². The predicted octanol–water partition coefficient (Wildman–Crippen LogP) is 0.438. The Hall–Kier alpha value is -1.72. The molecule has 0 bridgehead atoms. The van der Waals surface area contributed by atoms with Crippen LogP contribution in [-0.4, -0.2) is 24.9 Å². The van der Waals surface area contributed by atoms with Gasteiger partial charge in [0.25, 0.3) is 0 Å². The largest absolute Gasteiger partial charge is 0.398 e. The van der Waals surface area contributed by atoms with Gasteiger partial charge in [-0.15, -0.1) is 0 Å². The highest BCUT2D eigenvalue weighted by Crippen LogP contribution is 2.40. The van der Waals surface area contributed by atoms with Gasteiger partial charge in [-0.2, -0.15) is 0 Å². The Balaban J connectivity index is 0.000000249. The number of carbonyl (C=O) groups is 4. The predicted molar refractivity (Wildman–Crippen MR) is 54.3 cm³/mol. The lowest BCUT2D eigenvalue weighted by Crippen LogP contribution is -2.28. The first-order valence-corrected chi connectivity index (χ1v) is 5.40. The molecule has 0 aromatic carbocycles. The summed E-state index contributed by atoms with van der Waals surface area (Å²) in [6.07, 6.45) is 2.92. The summed E-state index contributed by atoms with van der Waals surface area (Å²) in [7, 11) is 0. The minimum Gasteiger partial charge on any atom is -0.398 e. The summed E-state index contributed by atoms with van der Waals surface area (Å²) >= 11 is 0. The first kappa shape index (κ1) is 13.3. The van der Waals surface area contributed by atoms with E-state index in [4.69, 9.17) is 9.59 Å². The molecule has 0 aromatic rings. The average Bonchev–Trinajstić information content (AvgIpc) is 2.58. The molecular formula is C11H14O6. The molecule has 0 amide bonds. The summed E-state index contributed by atoms with van der Waals surface area (Å²) in [5.41, 5.74) is 0. The van der Waals surface area contributed by atoms with Crippen molar-refractivity contribution in [1.29, 1.82) is 0 Å². The Bertz CT molecular complexity index is 318. The highest BCUT2D eigenvalue weighted by molar-refractivity contribution is 5.96. The molecule has 3 unspecified atom stereocenters. The van der Waals surface area contributed by atoms with Gasteiger partial charge in [0.1, 0.15) is 0 Å². The quantitative estimate of drug-likeness (QED) is 0.396. The standard InChI is InChI=1S/C9H12O3.C2H2O3/c1-5-3-2-4-6-7(5)9(11)12-8(6)10;3-1-5-2-4/h5-7H,2-4H2,1H3;1-2H. The van der Waals surface area contributed by atoms with Crippen LogP contribution >= 0.6 is 0 Å². The molecule has 0 aromatic heterocycles. The lowest BCUT2D eigenvalue weighted by molar-refractivity contribution is -0.154. The number of ether oxygens (including phenoxy) is 2. The summed E-state index contributed by atoms with van der Waals surface area (Å²) in [5.74, 6) is -0.524. The maximum Gasteiger partial charge on any atom is 0.317 e. The third-order valence-electron chi connectivity index (χ3n) is 3.11. The molecule has 94 valence electrons. The summed E-state index contributed by atoms with van der Waals surface area (Å²) < 4.78 is 8.07. The van der Waals surface area contributed by atoms with Crippen LogP contribution in [0, 0.1) is 17.8 Å². The van der Waals surface area contributed by atoms with Crippen LogP contribution in [0.3, 0.4) is 0 Å². The first-order chi connectivity index (χ1) is 8.11. The molecule has 6 nitrogen and oxygen atoms in total. The van der Waals surface area contributed by atoms with Crippen molar-refractivity contribution in [2.45, 2.75) is 26.2 Å². The van der Waals surface area contributed by atoms with E-state index in [0.29, 0.717) is 5.92 Å². The Morgan fingerprint density at radius 1 is 1.18 bits per heavy atom. The van der Waals surface area contributed by atoms with Crippen LogP contribution in [0.25, 0.3) is 0 Å². The van der Waals surface area contributed by atoms with Crippen molar-refractivity contribution in [2.24, 2.45) is 17.8 Å². The molecular weight excluding hydrogens is 228 g/mol. The number of carbonyl (C=O) groups excluding carboxylic acids is 4. The van der Waals surface area contributed by atoms with E-state index in [1.807, 2.05) is 6.92 Å². The lowest BCUT2D eigenvalue weighted by Gasteiger charge is -2.25. The molecule has 17 heavy (non-hydrogen) atoms. The minimum absolute atomic E-state index is 0.0625. The monoisotopic (exact) mass is 242 g/mol. The maximum atomic E-state index is 11.2. The van der Waals surface area contributed by atoms with E-state index in [1.165, 1.54) is 0 Å². The highest BCUT2D eigenvalue weighted by atomic mass is 16.6. The maximum absolute atomic E-state index is 11.2. The average molecular weight is 242 g/mol. The molecule has 0 radical (unpaired) electrons. The molecule has 1 saturated heterocycles. The van der Waals surface area contributed by atoms with Gasteiger partial charge in [-0.25, -0.2) is 0 Å². The molecule has 6 heteroatoms. The second-order valence-electron chi connectivity index (χ2n) is 4.11. The summed E-state index contributed by atoms with van der Waals surface area (Å²) in [5, 5.41) is 0. The second-order valence-corrected chi connectivity index (χ2v) is 4.11. The van der Waals surface area contributed by atoms with E-state index in [2.05, 4.69) is 9.47 Å². The van der Waals surface area contributed by atoms with Crippen LogP contribution in [0.1, 0.15) is 26.2 Å². The Morgan fingerprint density at radius 2 is 1.82 bits per heavy atom. The first-order valence-electron chi connectivity index (χ1n) is 5.40. The number of fused-ring (bicyclic) bond motifs is 1. The second kappa shape index (κ2) is 6.12. The Kier molecular flexibility index (Phi) is 4.81. The SMILES string of the molecule is CC1CCCC2C(=O)OC(=O)C12.O=COC=O. The van der Waals surface area contributed by atoms with Crippen molar-refractivity contribution in [3.8, 4) is 0 Å². The van der Waals surface area contributed by atoms with E-state index in [-0.39, 0.29) is 36.7 Å². The van der Waals surface area contributed by atoms with Gasteiger partial charge in [-0.1, -0.05) is 13.3 Å². The van der Waals surface area contributed by atoms with E-state index in [9.17, 15) is 9.59 Å². The molecule has 0 spiro atoms. The molecule has 1 heterocycles. The van der Waals surface area contributed by atoms with Gasteiger partial charge in [-0.3, -0.25) is 19.2 Å². The van der Waals surface area contributed by atoms with Gasteiger partial charge in [0.15, 0.2) is 0 Å². The Morgan fingerprint density at radius 3 is 2.29 bits per heavy atom. The lowest BCUT2D eigenvalue weighted by atomic mass is 9.74. The number of rotatable bonds is 2. The summed E-state index contributed by atoms with van der Waals surface area (Å²) in [6.45, 7) is 2.15. The van der Waals surface area contributed by atoms with E-state index in [0.717, 1.165) is 19.3 Å². The van der Waals surface area contributed by atoms with Gasteiger partial charge in [-0.05, 0) is 18.8 Å². The molecule has 1 aliphatic carbocycles. The van der Waals surface area contributed by atoms with Crippen molar-refractivity contribution >= 4 is 24.9 Å². The van der Waals surface area contributed by atoms with Gasteiger partial charge in [0.05, 0.1) is 11.8 Å². The van der Waals surface area contributed by atoms with E-state index < -0.39 is 0 Å². The highest BCUT2D eigenvalue weighted by Gasteiger charge is 2.48. The number of esters is 2. The van der Waals surface area contributed by atoms with Crippen LogP contribution in [0.2, 0.25) is 0 Å². The fraction of sp³-hybridized carbons (Fsp3) is 0.636. The molecule has 1 aliphatic heterocycles. The van der Waals surface area contributed by atoms with Crippen molar-refractivity contribution in [3.05, 3.63) is 0 Å². The van der Waals surface area contributed by atoms with Gasteiger partial charge in [0.2, 0.25) is 0 Å². The van der Waals surface area contributed by atoms with Crippen molar-refractivity contribution in [1.82, 2.24) is 0 Å². The Labute approximate surface area is 98.3 Å². The fourth-order valence-corrected chi connectivity index (χ4v) is 2.34. The topological polar surface area (TPSA) is 86.7 Å². The van der Waals surface area contributed by atoms with Gasteiger partial charge >= 0.3 is 24.9 Å². The molecule has 1 saturated carbocycles. The zero-order chi connectivity index (χ0) is 12.8. The van der Waals surface area contributed by atoms with Crippen molar-refractivity contribution < 1.29 is 28.7 Å². The smallest absolute Gasteiger partial charge is 0.317 e. The zero-order valence-corrected chi connectivity index (χ0v) is 9.46. The molecule has 2 aliphatic rings. The molecule has 3 atom stereocenters. The van der Waals surface area contributed by atoms with Gasteiger partial charge < -0.3 is 9.47 Å². The van der Waals surface area contributed by atoms with Crippen LogP contribution in [-0.2, 0) is 28.7 Å². The van der Waals surface area contributed by atoms with Crippen molar-refractivity contribution in [2.75, 3.05) is 0 Å².